The van der Waals surface area contributed by atoms with Gasteiger partial charge in [0.05, 0.1) is 5.56 Å². The van der Waals surface area contributed by atoms with Crippen molar-refractivity contribution in [1.29, 1.82) is 0 Å². The third-order valence-electron chi connectivity index (χ3n) is 2.85. The summed E-state index contributed by atoms with van der Waals surface area (Å²) in [6, 6.07) is 14.2. The van der Waals surface area contributed by atoms with Crippen LogP contribution in [0.4, 0.5) is 5.69 Å². The first-order valence-corrected chi connectivity index (χ1v) is 7.78. The zero-order valence-corrected chi connectivity index (χ0v) is 12.9. The smallest absolute Gasteiger partial charge is 0.259 e. The minimum absolute atomic E-state index is 0.271. The first-order valence-electron chi connectivity index (χ1n) is 6.55. The number of nitrogens with one attached hydrogen (secondary N) is 1. The van der Waals surface area contributed by atoms with Crippen LogP contribution < -0.4 is 15.8 Å². The summed E-state index contributed by atoms with van der Waals surface area (Å²) in [6.07, 6.45) is 1.99. The van der Waals surface area contributed by atoms with Gasteiger partial charge in [-0.1, -0.05) is 12.1 Å². The Balaban J connectivity index is 2.12. The third-order valence-corrected chi connectivity index (χ3v) is 3.59. The molecular weight excluding hydrogens is 300 g/mol. The van der Waals surface area contributed by atoms with E-state index < -0.39 is 5.91 Å². The van der Waals surface area contributed by atoms with Crippen LogP contribution in [0.2, 0.25) is 0 Å². The maximum atomic E-state index is 12.3. The Morgan fingerprint density at radius 2 is 1.82 bits per heavy atom. The molecule has 114 valence electrons. The molecule has 22 heavy (non-hydrogen) atoms. The minimum atomic E-state index is -0.595. The molecule has 6 heteroatoms. The number of hydrogen-bond acceptors (Lipinski definition) is 4. The van der Waals surface area contributed by atoms with E-state index in [4.69, 9.17) is 10.5 Å². The van der Waals surface area contributed by atoms with Gasteiger partial charge in [0.25, 0.3) is 11.8 Å². The number of carbonyl (C=O) groups is 2. The molecule has 0 spiro atoms. The molecule has 0 aliphatic heterocycles. The monoisotopic (exact) mass is 316 g/mol. The number of hydrogen-bond donors (Lipinski definition) is 2. The van der Waals surface area contributed by atoms with Gasteiger partial charge < -0.3 is 15.8 Å². The molecule has 2 aromatic carbocycles. The molecule has 0 aliphatic carbocycles. The number of thioether (sulfide) groups is 1. The molecule has 0 saturated carbocycles. The SMILES string of the molecule is CSc1ccc(NC(=O)c2ccccc2OCC(N)=O)cc1. The van der Waals surface area contributed by atoms with Gasteiger partial charge in [-0.2, -0.15) is 0 Å². The Morgan fingerprint density at radius 3 is 2.45 bits per heavy atom. The van der Waals surface area contributed by atoms with Crippen LogP contribution in [0.15, 0.2) is 53.4 Å². The van der Waals surface area contributed by atoms with Crippen molar-refractivity contribution >= 4 is 29.3 Å². The lowest BCUT2D eigenvalue weighted by Crippen LogP contribution is -2.21. The first kappa shape index (κ1) is 15.9. The molecule has 5 nitrogen and oxygen atoms in total. The average Bonchev–Trinajstić information content (AvgIpc) is 2.54. The molecule has 2 amide bonds. The summed E-state index contributed by atoms with van der Waals surface area (Å²) in [5.74, 6) is -0.584. The highest BCUT2D eigenvalue weighted by molar-refractivity contribution is 7.98. The van der Waals surface area contributed by atoms with Crippen LogP contribution in [0.3, 0.4) is 0 Å². The zero-order chi connectivity index (χ0) is 15.9. The summed E-state index contributed by atoms with van der Waals surface area (Å²) in [4.78, 5) is 24.2. The quantitative estimate of drug-likeness (QED) is 0.802. The Hall–Kier alpha value is -2.47. The highest BCUT2D eigenvalue weighted by atomic mass is 32.2. The topological polar surface area (TPSA) is 81.4 Å². The van der Waals surface area contributed by atoms with Gasteiger partial charge in [-0.05, 0) is 42.7 Å². The van der Waals surface area contributed by atoms with E-state index in [1.54, 1.807) is 36.0 Å². The highest BCUT2D eigenvalue weighted by Gasteiger charge is 2.13. The van der Waals surface area contributed by atoms with Gasteiger partial charge in [-0.3, -0.25) is 9.59 Å². The molecule has 0 atom stereocenters. The Morgan fingerprint density at radius 1 is 1.14 bits per heavy atom. The lowest BCUT2D eigenvalue weighted by atomic mass is 10.2. The number of anilines is 1. The normalized spacial score (nSPS) is 10.0. The van der Waals surface area contributed by atoms with E-state index in [1.807, 2.05) is 30.5 Å². The van der Waals surface area contributed by atoms with E-state index in [0.29, 0.717) is 17.0 Å². The van der Waals surface area contributed by atoms with E-state index in [-0.39, 0.29) is 12.5 Å². The first-order chi connectivity index (χ1) is 10.6. The summed E-state index contributed by atoms with van der Waals surface area (Å²) in [5.41, 5.74) is 6.08. The van der Waals surface area contributed by atoms with Crippen LogP contribution in [0.1, 0.15) is 10.4 Å². The van der Waals surface area contributed by atoms with Crippen molar-refractivity contribution in [2.75, 3.05) is 18.2 Å². The largest absolute Gasteiger partial charge is 0.483 e. The average molecular weight is 316 g/mol. The van der Waals surface area contributed by atoms with E-state index in [0.717, 1.165) is 4.90 Å². The number of benzene rings is 2. The van der Waals surface area contributed by atoms with Gasteiger partial charge in [-0.15, -0.1) is 11.8 Å². The predicted octanol–water partition coefficient (Wildman–Crippen LogP) is 2.52. The van der Waals surface area contributed by atoms with Crippen LogP contribution in [-0.2, 0) is 4.79 Å². The minimum Gasteiger partial charge on any atom is -0.483 e. The summed E-state index contributed by atoms with van der Waals surface area (Å²) in [7, 11) is 0. The second-order valence-electron chi connectivity index (χ2n) is 4.43. The zero-order valence-electron chi connectivity index (χ0n) is 12.0. The van der Waals surface area contributed by atoms with Crippen LogP contribution in [0.25, 0.3) is 0 Å². The van der Waals surface area contributed by atoms with E-state index in [2.05, 4.69) is 5.32 Å². The number of primary amides is 1. The maximum Gasteiger partial charge on any atom is 0.259 e. The Kier molecular flexibility index (Phi) is 5.43. The third kappa shape index (κ3) is 4.26. The van der Waals surface area contributed by atoms with E-state index in [9.17, 15) is 9.59 Å². The Labute approximate surface area is 132 Å². The van der Waals surface area contributed by atoms with Crippen LogP contribution >= 0.6 is 11.8 Å². The van der Waals surface area contributed by atoms with Gasteiger partial charge in [0.15, 0.2) is 6.61 Å². The molecule has 0 fully saturated rings. The lowest BCUT2D eigenvalue weighted by Gasteiger charge is -2.11. The van der Waals surface area contributed by atoms with Crippen molar-refractivity contribution in [1.82, 2.24) is 0 Å². The van der Waals surface area contributed by atoms with Crippen molar-refractivity contribution < 1.29 is 14.3 Å². The van der Waals surface area contributed by atoms with Crippen molar-refractivity contribution in [3.8, 4) is 5.75 Å². The highest BCUT2D eigenvalue weighted by Crippen LogP contribution is 2.21. The number of para-hydroxylation sites is 1. The standard InChI is InChI=1S/C16H16N2O3S/c1-22-12-8-6-11(7-9-12)18-16(20)13-4-2-3-5-14(13)21-10-15(17)19/h2-9H,10H2,1H3,(H2,17,19)(H,18,20). The van der Waals surface area contributed by atoms with Gasteiger partial charge >= 0.3 is 0 Å². The molecule has 0 heterocycles. The summed E-state index contributed by atoms with van der Waals surface area (Å²) in [5, 5.41) is 2.79. The molecule has 0 radical (unpaired) electrons. The lowest BCUT2D eigenvalue weighted by molar-refractivity contribution is -0.119. The molecule has 0 saturated heterocycles. The second kappa shape index (κ2) is 7.51. The summed E-state index contributed by atoms with van der Waals surface area (Å²) < 4.78 is 5.26. The molecule has 0 bridgehead atoms. The number of ether oxygens (including phenoxy) is 1. The van der Waals surface area contributed by atoms with Crippen molar-refractivity contribution in [3.63, 3.8) is 0 Å². The maximum absolute atomic E-state index is 12.3. The molecule has 0 aliphatic rings. The fourth-order valence-corrected chi connectivity index (χ4v) is 2.21. The van der Waals surface area contributed by atoms with Gasteiger partial charge in [0.2, 0.25) is 0 Å². The molecular formula is C16H16N2O3S. The van der Waals surface area contributed by atoms with Crippen LogP contribution in [0.5, 0.6) is 5.75 Å². The molecule has 3 N–H and O–H groups in total. The number of carbonyl (C=O) groups excluding carboxylic acids is 2. The Bertz CT molecular complexity index is 671. The summed E-state index contributed by atoms with van der Waals surface area (Å²) >= 11 is 1.63. The predicted molar refractivity (Wildman–Crippen MR) is 87.3 cm³/mol. The number of rotatable bonds is 6. The molecule has 0 aromatic heterocycles. The fourth-order valence-electron chi connectivity index (χ4n) is 1.80. The van der Waals surface area contributed by atoms with E-state index >= 15 is 0 Å². The van der Waals surface area contributed by atoms with Crippen LogP contribution in [0, 0.1) is 0 Å². The summed E-state index contributed by atoms with van der Waals surface area (Å²) in [6.45, 7) is -0.271. The molecule has 0 unspecified atom stereocenters. The number of nitrogens with two attached hydrogens (primary N) is 1. The van der Waals surface area contributed by atoms with Crippen molar-refractivity contribution in [3.05, 3.63) is 54.1 Å². The molecule has 2 rings (SSSR count). The van der Waals surface area contributed by atoms with Crippen molar-refractivity contribution in [2.24, 2.45) is 5.73 Å². The molecule has 2 aromatic rings. The van der Waals surface area contributed by atoms with E-state index in [1.165, 1.54) is 0 Å². The van der Waals surface area contributed by atoms with Crippen LogP contribution in [-0.4, -0.2) is 24.7 Å². The van der Waals surface area contributed by atoms with Crippen molar-refractivity contribution in [2.45, 2.75) is 4.90 Å². The van der Waals surface area contributed by atoms with Gasteiger partial charge in [0.1, 0.15) is 5.75 Å². The second-order valence-corrected chi connectivity index (χ2v) is 5.31. The number of amides is 2. The fraction of sp³-hybridized carbons (Fsp3) is 0.125. The van der Waals surface area contributed by atoms with Gasteiger partial charge in [-0.25, -0.2) is 0 Å². The van der Waals surface area contributed by atoms with Gasteiger partial charge in [0, 0.05) is 10.6 Å².